The fourth-order valence-corrected chi connectivity index (χ4v) is 4.98. The Morgan fingerprint density at radius 2 is 2.22 bits per heavy atom. The number of ether oxygens (including phenoxy) is 1. The van der Waals surface area contributed by atoms with Crippen LogP contribution in [0.1, 0.15) is 58.8 Å². The summed E-state index contributed by atoms with van der Waals surface area (Å²) in [4.78, 5) is 0. The predicted octanol–water partition coefficient (Wildman–Crippen LogP) is 4.57. The second kappa shape index (κ2) is 4.67. The quantitative estimate of drug-likeness (QED) is 0.524. The number of allylic oxidation sites excluding steroid dienone is 1. The van der Waals surface area contributed by atoms with Crippen molar-refractivity contribution in [1.29, 1.82) is 0 Å². The minimum atomic E-state index is 0.569. The van der Waals surface area contributed by atoms with Gasteiger partial charge >= 0.3 is 0 Å². The van der Waals surface area contributed by atoms with E-state index in [0.29, 0.717) is 11.5 Å². The minimum Gasteiger partial charge on any atom is -0.373 e. The Morgan fingerprint density at radius 1 is 1.44 bits per heavy atom. The Labute approximate surface area is 112 Å². The Kier molecular flexibility index (Phi) is 3.30. The van der Waals surface area contributed by atoms with Gasteiger partial charge in [-0.2, -0.15) is 0 Å². The van der Waals surface area contributed by atoms with Crippen molar-refractivity contribution in [3.63, 3.8) is 0 Å². The summed E-state index contributed by atoms with van der Waals surface area (Å²) in [5.74, 6) is 2.63. The van der Waals surface area contributed by atoms with Crippen LogP contribution >= 0.6 is 0 Å². The molecule has 0 spiro atoms. The van der Waals surface area contributed by atoms with Crippen LogP contribution < -0.4 is 0 Å². The molecule has 0 aromatic heterocycles. The molecule has 1 heteroatoms. The van der Waals surface area contributed by atoms with E-state index in [0.717, 1.165) is 24.4 Å². The lowest BCUT2D eigenvalue weighted by Gasteiger charge is -2.44. The lowest BCUT2D eigenvalue weighted by atomic mass is 9.61. The fourth-order valence-electron chi connectivity index (χ4n) is 4.98. The number of hydrogen-bond acceptors (Lipinski definition) is 1. The van der Waals surface area contributed by atoms with Crippen LogP contribution in [0.5, 0.6) is 0 Å². The molecule has 1 aliphatic heterocycles. The zero-order valence-corrected chi connectivity index (χ0v) is 12.1. The normalized spacial score (nSPS) is 44.8. The van der Waals surface area contributed by atoms with Gasteiger partial charge in [0.25, 0.3) is 0 Å². The molecule has 0 aromatic rings. The maximum atomic E-state index is 5.36. The summed E-state index contributed by atoms with van der Waals surface area (Å²) in [5.41, 5.74) is 2.13. The highest BCUT2D eigenvalue weighted by molar-refractivity contribution is 5.15. The van der Waals surface area contributed by atoms with Crippen LogP contribution in [0.2, 0.25) is 0 Å². The van der Waals surface area contributed by atoms with Crippen LogP contribution in [0.25, 0.3) is 0 Å². The second-order valence-corrected chi connectivity index (χ2v) is 7.26. The van der Waals surface area contributed by atoms with Gasteiger partial charge in [0.05, 0.1) is 12.7 Å². The summed E-state index contributed by atoms with van der Waals surface area (Å²) in [6, 6.07) is 0. The molecule has 0 radical (unpaired) electrons. The molecular weight excluding hydrogens is 220 g/mol. The third-order valence-electron chi connectivity index (χ3n) is 6.15. The van der Waals surface area contributed by atoms with E-state index in [9.17, 15) is 0 Å². The number of fused-ring (bicyclic) bond motifs is 1. The first-order valence-corrected chi connectivity index (χ1v) is 7.90. The Hall–Kier alpha value is -0.300. The highest BCUT2D eigenvalue weighted by Gasteiger charge is 2.50. The smallest absolute Gasteiger partial charge is 0.0810 e. The first-order valence-electron chi connectivity index (χ1n) is 7.90. The van der Waals surface area contributed by atoms with Crippen LogP contribution in [-0.4, -0.2) is 12.7 Å². The molecule has 3 unspecified atom stereocenters. The predicted molar refractivity (Wildman–Crippen MR) is 75.5 cm³/mol. The van der Waals surface area contributed by atoms with Crippen molar-refractivity contribution < 1.29 is 4.74 Å². The van der Waals surface area contributed by atoms with Gasteiger partial charge < -0.3 is 4.74 Å². The van der Waals surface area contributed by atoms with Crippen molar-refractivity contribution in [2.75, 3.05) is 6.61 Å². The molecule has 5 atom stereocenters. The molecule has 0 amide bonds. The van der Waals surface area contributed by atoms with Gasteiger partial charge in [-0.05, 0) is 68.1 Å². The van der Waals surface area contributed by atoms with Crippen LogP contribution in [0, 0.1) is 23.2 Å². The molecule has 0 bridgehead atoms. The highest BCUT2D eigenvalue weighted by Crippen LogP contribution is 2.59. The monoisotopic (exact) mass is 248 g/mol. The van der Waals surface area contributed by atoms with E-state index in [1.807, 2.05) is 0 Å². The largest absolute Gasteiger partial charge is 0.373 e. The van der Waals surface area contributed by atoms with Crippen LogP contribution in [-0.2, 0) is 4.74 Å². The number of rotatable bonds is 4. The van der Waals surface area contributed by atoms with Gasteiger partial charge in [0.1, 0.15) is 0 Å². The van der Waals surface area contributed by atoms with E-state index in [1.165, 1.54) is 44.9 Å². The van der Waals surface area contributed by atoms with Crippen molar-refractivity contribution in [2.24, 2.45) is 23.2 Å². The molecule has 0 aromatic carbocycles. The van der Waals surface area contributed by atoms with Crippen LogP contribution in [0.4, 0.5) is 0 Å². The fraction of sp³-hybridized carbons (Fsp3) is 0.882. The van der Waals surface area contributed by atoms with Gasteiger partial charge in [-0.25, -0.2) is 0 Å². The molecule has 1 nitrogen and oxygen atoms in total. The van der Waals surface area contributed by atoms with E-state index in [1.54, 1.807) is 5.57 Å². The maximum absolute atomic E-state index is 5.36. The van der Waals surface area contributed by atoms with Crippen LogP contribution in [0.3, 0.4) is 0 Å². The van der Waals surface area contributed by atoms with Crippen molar-refractivity contribution in [3.8, 4) is 0 Å². The Balaban J connectivity index is 1.66. The van der Waals surface area contributed by atoms with Crippen molar-refractivity contribution in [2.45, 2.75) is 64.9 Å². The van der Waals surface area contributed by atoms with E-state index >= 15 is 0 Å². The van der Waals surface area contributed by atoms with Crippen molar-refractivity contribution in [1.82, 2.24) is 0 Å². The topological polar surface area (TPSA) is 12.5 Å². The van der Waals surface area contributed by atoms with E-state index in [-0.39, 0.29) is 0 Å². The van der Waals surface area contributed by atoms with E-state index in [4.69, 9.17) is 4.74 Å². The molecule has 2 saturated carbocycles. The first kappa shape index (κ1) is 12.7. The molecule has 3 fully saturated rings. The molecule has 102 valence electrons. The Morgan fingerprint density at radius 3 is 2.94 bits per heavy atom. The highest BCUT2D eigenvalue weighted by atomic mass is 16.6. The van der Waals surface area contributed by atoms with Gasteiger partial charge in [0.2, 0.25) is 0 Å². The SMILES string of the molecule is C=C1CCC[C@@]2(C)C1CC[C@@H]2C(C)CCC1CO1. The van der Waals surface area contributed by atoms with Gasteiger partial charge in [-0.3, -0.25) is 0 Å². The summed E-state index contributed by atoms with van der Waals surface area (Å²) in [7, 11) is 0. The third-order valence-corrected chi connectivity index (χ3v) is 6.15. The summed E-state index contributed by atoms with van der Waals surface area (Å²) in [6.45, 7) is 10.4. The van der Waals surface area contributed by atoms with Crippen molar-refractivity contribution >= 4 is 0 Å². The molecule has 3 rings (SSSR count). The average Bonchev–Trinajstić information content (AvgIpc) is 3.08. The second-order valence-electron chi connectivity index (χ2n) is 7.26. The minimum absolute atomic E-state index is 0.569. The van der Waals surface area contributed by atoms with E-state index in [2.05, 4.69) is 20.4 Å². The summed E-state index contributed by atoms with van der Waals surface area (Å²) in [5, 5.41) is 0. The third kappa shape index (κ3) is 2.15. The van der Waals surface area contributed by atoms with Gasteiger partial charge in [0.15, 0.2) is 0 Å². The zero-order valence-electron chi connectivity index (χ0n) is 12.1. The zero-order chi connectivity index (χ0) is 12.8. The standard InChI is InChI=1S/C17H28O/c1-12-5-4-10-17(3)15(12)8-9-16(17)13(2)6-7-14-11-18-14/h13-16H,1,4-11H2,2-3H3/t13?,14?,15?,16-,17+/m1/s1. The lowest BCUT2D eigenvalue weighted by molar-refractivity contribution is 0.0928. The summed E-state index contributed by atoms with van der Waals surface area (Å²) >= 11 is 0. The maximum Gasteiger partial charge on any atom is 0.0810 e. The average molecular weight is 248 g/mol. The molecule has 2 aliphatic carbocycles. The van der Waals surface area contributed by atoms with Gasteiger partial charge in [-0.1, -0.05) is 26.0 Å². The van der Waals surface area contributed by atoms with Crippen LogP contribution in [0.15, 0.2) is 12.2 Å². The van der Waals surface area contributed by atoms with Gasteiger partial charge in [0, 0.05) is 0 Å². The molecule has 1 saturated heterocycles. The molecular formula is C17H28O. The molecule has 1 heterocycles. The molecule has 3 aliphatic rings. The number of hydrogen-bond donors (Lipinski definition) is 0. The summed E-state index contributed by atoms with van der Waals surface area (Å²) < 4.78 is 5.36. The molecule has 18 heavy (non-hydrogen) atoms. The Bertz CT molecular complexity index is 331. The number of epoxide rings is 1. The molecule has 0 N–H and O–H groups in total. The first-order chi connectivity index (χ1) is 8.61. The van der Waals surface area contributed by atoms with E-state index < -0.39 is 0 Å². The van der Waals surface area contributed by atoms with Crippen molar-refractivity contribution in [3.05, 3.63) is 12.2 Å². The summed E-state index contributed by atoms with van der Waals surface area (Å²) in [6.07, 6.45) is 10.2. The lowest BCUT2D eigenvalue weighted by Crippen LogP contribution is -2.35. The van der Waals surface area contributed by atoms with Gasteiger partial charge in [-0.15, -0.1) is 0 Å².